The van der Waals surface area contributed by atoms with Gasteiger partial charge in [-0.05, 0) is 31.2 Å². The third kappa shape index (κ3) is 5.10. The molecule has 118 valence electrons. The first-order chi connectivity index (χ1) is 10.6. The van der Waals surface area contributed by atoms with Crippen LogP contribution in [0.3, 0.4) is 0 Å². The van der Waals surface area contributed by atoms with Gasteiger partial charge >= 0.3 is 0 Å². The monoisotopic (exact) mass is 335 g/mol. The number of hydrogen-bond acceptors (Lipinski definition) is 5. The molecule has 2 aromatic heterocycles. The lowest BCUT2D eigenvalue weighted by Crippen LogP contribution is -2.35. The highest BCUT2D eigenvalue weighted by Crippen LogP contribution is 2.22. The summed E-state index contributed by atoms with van der Waals surface area (Å²) in [6, 6.07) is 4.03. The standard InChI is InChI=1S/C16H21N3OS2/c1-4-21-16-19-13(10-22-16)9-15(20)18-12(3)8-14-11(2)6-5-7-17-14/h5-7,10,12H,4,8-9H2,1-3H3,(H,18,20)/t12-/m0/s1. The molecule has 0 aliphatic heterocycles. The van der Waals surface area contributed by atoms with Crippen molar-refractivity contribution in [3.05, 3.63) is 40.7 Å². The van der Waals surface area contributed by atoms with E-state index in [1.165, 1.54) is 0 Å². The molecule has 0 aliphatic carbocycles. The molecule has 1 atom stereocenters. The molecule has 6 heteroatoms. The van der Waals surface area contributed by atoms with Crippen LogP contribution in [-0.4, -0.2) is 27.7 Å². The zero-order valence-corrected chi connectivity index (χ0v) is 14.8. The van der Waals surface area contributed by atoms with Gasteiger partial charge in [0.25, 0.3) is 0 Å². The van der Waals surface area contributed by atoms with Crippen LogP contribution in [0.1, 0.15) is 30.8 Å². The quantitative estimate of drug-likeness (QED) is 0.789. The summed E-state index contributed by atoms with van der Waals surface area (Å²) in [4.78, 5) is 20.9. The van der Waals surface area contributed by atoms with Gasteiger partial charge in [-0.25, -0.2) is 4.98 Å². The Bertz CT molecular complexity index is 627. The largest absolute Gasteiger partial charge is 0.353 e. The number of thioether (sulfide) groups is 1. The highest BCUT2D eigenvalue weighted by atomic mass is 32.2. The number of aryl methyl sites for hydroxylation is 1. The van der Waals surface area contributed by atoms with Crippen molar-refractivity contribution in [1.29, 1.82) is 0 Å². The Hall–Kier alpha value is -1.40. The summed E-state index contributed by atoms with van der Waals surface area (Å²) in [6.07, 6.45) is 2.87. The van der Waals surface area contributed by atoms with Gasteiger partial charge in [-0.3, -0.25) is 9.78 Å². The molecule has 0 spiro atoms. The molecule has 0 saturated heterocycles. The summed E-state index contributed by atoms with van der Waals surface area (Å²) in [6.45, 7) is 6.14. The van der Waals surface area contributed by atoms with Crippen LogP contribution >= 0.6 is 23.1 Å². The summed E-state index contributed by atoms with van der Waals surface area (Å²) >= 11 is 3.31. The second-order valence-electron chi connectivity index (χ2n) is 5.15. The second-order valence-corrected chi connectivity index (χ2v) is 7.52. The van der Waals surface area contributed by atoms with Crippen LogP contribution in [0.5, 0.6) is 0 Å². The number of amides is 1. The van der Waals surface area contributed by atoms with Crippen molar-refractivity contribution in [3.63, 3.8) is 0 Å². The van der Waals surface area contributed by atoms with E-state index in [1.807, 2.05) is 31.4 Å². The molecule has 0 unspecified atom stereocenters. The fourth-order valence-electron chi connectivity index (χ4n) is 2.12. The van der Waals surface area contributed by atoms with Crippen molar-refractivity contribution < 1.29 is 4.79 Å². The summed E-state index contributed by atoms with van der Waals surface area (Å²) in [5.41, 5.74) is 3.04. The van der Waals surface area contributed by atoms with Crippen molar-refractivity contribution >= 4 is 29.0 Å². The number of carbonyl (C=O) groups is 1. The van der Waals surface area contributed by atoms with Crippen LogP contribution in [0.4, 0.5) is 0 Å². The number of rotatable bonds is 7. The maximum atomic E-state index is 12.1. The fourth-order valence-corrected chi connectivity index (χ4v) is 3.86. The number of nitrogens with one attached hydrogen (secondary N) is 1. The van der Waals surface area contributed by atoms with Crippen molar-refractivity contribution in [3.8, 4) is 0 Å². The van der Waals surface area contributed by atoms with Gasteiger partial charge in [0.2, 0.25) is 5.91 Å². The molecule has 2 rings (SSSR count). The maximum Gasteiger partial charge on any atom is 0.226 e. The van der Waals surface area contributed by atoms with Gasteiger partial charge in [-0.1, -0.05) is 24.8 Å². The predicted molar refractivity (Wildman–Crippen MR) is 92.5 cm³/mol. The van der Waals surface area contributed by atoms with E-state index in [2.05, 4.69) is 22.2 Å². The third-order valence-electron chi connectivity index (χ3n) is 3.16. The zero-order chi connectivity index (χ0) is 15.9. The van der Waals surface area contributed by atoms with Crippen molar-refractivity contribution in [2.75, 3.05) is 5.75 Å². The number of nitrogens with zero attached hydrogens (tertiary/aromatic N) is 2. The Morgan fingerprint density at radius 1 is 1.50 bits per heavy atom. The molecule has 4 nitrogen and oxygen atoms in total. The van der Waals surface area contributed by atoms with Crippen LogP contribution in [0.2, 0.25) is 0 Å². The molecule has 0 aromatic carbocycles. The zero-order valence-electron chi connectivity index (χ0n) is 13.1. The van der Waals surface area contributed by atoms with Gasteiger partial charge in [-0.2, -0.15) is 0 Å². The van der Waals surface area contributed by atoms with Crippen LogP contribution in [0, 0.1) is 6.92 Å². The molecule has 1 N–H and O–H groups in total. The average Bonchev–Trinajstić information content (AvgIpc) is 2.89. The van der Waals surface area contributed by atoms with Gasteiger partial charge in [0.1, 0.15) is 4.34 Å². The number of hydrogen-bond donors (Lipinski definition) is 1. The fraction of sp³-hybridized carbons (Fsp3) is 0.438. The lowest BCUT2D eigenvalue weighted by Gasteiger charge is -2.14. The summed E-state index contributed by atoms with van der Waals surface area (Å²) in [5, 5.41) is 4.99. The van der Waals surface area contributed by atoms with Crippen molar-refractivity contribution in [2.24, 2.45) is 0 Å². The minimum atomic E-state index is 0.0134. The van der Waals surface area contributed by atoms with E-state index in [9.17, 15) is 4.79 Å². The van der Waals surface area contributed by atoms with Crippen LogP contribution in [0.25, 0.3) is 0 Å². The first-order valence-electron chi connectivity index (χ1n) is 7.35. The SMILES string of the molecule is CCSc1nc(CC(=O)N[C@@H](C)Cc2ncccc2C)cs1. The smallest absolute Gasteiger partial charge is 0.226 e. The third-order valence-corrected chi connectivity index (χ3v) is 5.12. The molecule has 2 aromatic rings. The van der Waals surface area contributed by atoms with Crippen molar-refractivity contribution in [1.82, 2.24) is 15.3 Å². The normalized spacial score (nSPS) is 12.1. The molecule has 0 saturated carbocycles. The lowest BCUT2D eigenvalue weighted by atomic mass is 10.1. The topological polar surface area (TPSA) is 54.9 Å². The Morgan fingerprint density at radius 3 is 3.05 bits per heavy atom. The van der Waals surface area contributed by atoms with Gasteiger partial charge in [0.05, 0.1) is 12.1 Å². The van der Waals surface area contributed by atoms with E-state index in [4.69, 9.17) is 0 Å². The van der Waals surface area contributed by atoms with Crippen LogP contribution in [0.15, 0.2) is 28.0 Å². The number of pyridine rings is 1. The molecule has 0 fully saturated rings. The first kappa shape index (κ1) is 17.0. The summed E-state index contributed by atoms with van der Waals surface area (Å²) in [7, 11) is 0. The molecule has 0 bridgehead atoms. The molecular weight excluding hydrogens is 314 g/mol. The van der Waals surface area contributed by atoms with Crippen molar-refractivity contribution in [2.45, 2.75) is 44.0 Å². The summed E-state index contributed by atoms with van der Waals surface area (Å²) in [5.74, 6) is 1.01. The van der Waals surface area contributed by atoms with E-state index < -0.39 is 0 Å². The van der Waals surface area contributed by atoms with Crippen LogP contribution < -0.4 is 5.32 Å². The first-order valence-corrected chi connectivity index (χ1v) is 9.22. The number of thiazole rings is 1. The Balaban J connectivity index is 1.84. The molecule has 2 heterocycles. The average molecular weight is 335 g/mol. The van der Waals surface area contributed by atoms with Gasteiger partial charge in [0.15, 0.2) is 0 Å². The second kappa shape index (κ2) is 8.29. The highest BCUT2D eigenvalue weighted by molar-refractivity contribution is 8.00. The van der Waals surface area contributed by atoms with Gasteiger partial charge < -0.3 is 5.32 Å². The van der Waals surface area contributed by atoms with Gasteiger partial charge in [0, 0.05) is 29.7 Å². The molecule has 0 radical (unpaired) electrons. The summed E-state index contributed by atoms with van der Waals surface area (Å²) < 4.78 is 1.03. The van der Waals surface area contributed by atoms with Crippen LogP contribution in [-0.2, 0) is 17.6 Å². The molecule has 1 amide bonds. The minimum Gasteiger partial charge on any atom is -0.353 e. The van der Waals surface area contributed by atoms with E-state index >= 15 is 0 Å². The molecule has 22 heavy (non-hydrogen) atoms. The van der Waals surface area contributed by atoms with E-state index in [-0.39, 0.29) is 11.9 Å². The number of carbonyl (C=O) groups excluding carboxylic acids is 1. The van der Waals surface area contributed by atoms with E-state index in [0.29, 0.717) is 6.42 Å². The minimum absolute atomic E-state index is 0.0134. The maximum absolute atomic E-state index is 12.1. The van der Waals surface area contributed by atoms with E-state index in [0.717, 1.165) is 33.5 Å². The Labute approximate surface area is 139 Å². The predicted octanol–water partition coefficient (Wildman–Crippen LogP) is 3.25. The molecular formula is C16H21N3OS2. The van der Waals surface area contributed by atoms with Gasteiger partial charge in [-0.15, -0.1) is 11.3 Å². The Kier molecular flexibility index (Phi) is 6.39. The Morgan fingerprint density at radius 2 is 2.32 bits per heavy atom. The van der Waals surface area contributed by atoms with E-state index in [1.54, 1.807) is 29.3 Å². The molecule has 0 aliphatic rings. The highest BCUT2D eigenvalue weighted by Gasteiger charge is 2.12. The number of aromatic nitrogens is 2. The lowest BCUT2D eigenvalue weighted by molar-refractivity contribution is -0.121.